The highest BCUT2D eigenvalue weighted by atomic mass is 32.1. The number of hydrogen-bond donors (Lipinski definition) is 0. The summed E-state index contributed by atoms with van der Waals surface area (Å²) in [4.78, 5) is 31.9. The summed E-state index contributed by atoms with van der Waals surface area (Å²) >= 11 is 3.45. The smallest absolute Gasteiger partial charge is 0.265 e. The van der Waals surface area contributed by atoms with Crippen LogP contribution in [-0.4, -0.2) is 36.4 Å². The minimum atomic E-state index is -0.106. The lowest BCUT2D eigenvalue weighted by molar-refractivity contribution is -0.133. The van der Waals surface area contributed by atoms with Crippen molar-refractivity contribution in [3.63, 3.8) is 0 Å². The number of ether oxygens (including phenoxy) is 1. The van der Waals surface area contributed by atoms with Gasteiger partial charge in [0.25, 0.3) is 5.91 Å². The Morgan fingerprint density at radius 2 is 2.00 bits per heavy atom. The van der Waals surface area contributed by atoms with Crippen LogP contribution in [0.5, 0.6) is 5.75 Å². The van der Waals surface area contributed by atoms with Gasteiger partial charge in [0.1, 0.15) is 5.75 Å². The molecule has 0 fully saturated rings. The van der Waals surface area contributed by atoms with Gasteiger partial charge in [0, 0.05) is 29.3 Å². The third-order valence-electron chi connectivity index (χ3n) is 5.46. The Labute approximate surface area is 177 Å². The van der Waals surface area contributed by atoms with Gasteiger partial charge >= 0.3 is 0 Å². The first kappa shape index (κ1) is 18.4. The number of nitrogens with zero attached hydrogens (tertiary/aromatic N) is 2. The monoisotopic (exact) mass is 424 g/mol. The summed E-state index contributed by atoms with van der Waals surface area (Å²) in [6, 6.07) is 13.7. The van der Waals surface area contributed by atoms with Crippen LogP contribution in [-0.2, 0) is 16.0 Å². The Bertz CT molecular complexity index is 1040. The topological polar surface area (TPSA) is 49.9 Å². The zero-order chi connectivity index (χ0) is 19.8. The molecular weight excluding hydrogens is 404 g/mol. The lowest BCUT2D eigenvalue weighted by Crippen LogP contribution is -2.44. The molecule has 2 aliphatic rings. The molecule has 0 aliphatic carbocycles. The lowest BCUT2D eigenvalue weighted by Gasteiger charge is -2.36. The number of para-hydroxylation sites is 2. The SMILES string of the molecule is O=C1COc2ccccc2N1CCC(=O)N1CCc2sccc2C1c1cccs1. The highest BCUT2D eigenvalue weighted by Crippen LogP contribution is 2.40. The molecule has 1 aromatic carbocycles. The van der Waals surface area contributed by atoms with E-state index in [1.165, 1.54) is 15.3 Å². The van der Waals surface area contributed by atoms with Crippen LogP contribution in [0.1, 0.15) is 27.8 Å². The van der Waals surface area contributed by atoms with E-state index < -0.39 is 0 Å². The van der Waals surface area contributed by atoms with E-state index in [2.05, 4.69) is 22.9 Å². The molecular formula is C22H20N2O3S2. The molecule has 0 saturated carbocycles. The predicted octanol–water partition coefficient (Wildman–Crippen LogP) is 4.10. The highest BCUT2D eigenvalue weighted by molar-refractivity contribution is 7.10. The van der Waals surface area contributed by atoms with Crippen molar-refractivity contribution in [2.45, 2.75) is 18.9 Å². The molecule has 2 amide bonds. The van der Waals surface area contributed by atoms with E-state index in [1.54, 1.807) is 27.6 Å². The Morgan fingerprint density at radius 1 is 1.10 bits per heavy atom. The maximum absolute atomic E-state index is 13.3. The predicted molar refractivity (Wildman–Crippen MR) is 115 cm³/mol. The summed E-state index contributed by atoms with van der Waals surface area (Å²) in [6.07, 6.45) is 1.18. The van der Waals surface area contributed by atoms with E-state index in [1.807, 2.05) is 35.2 Å². The maximum atomic E-state index is 13.3. The zero-order valence-corrected chi connectivity index (χ0v) is 17.4. The summed E-state index contributed by atoms with van der Waals surface area (Å²) in [5, 5.41) is 4.17. The summed E-state index contributed by atoms with van der Waals surface area (Å²) in [5.74, 6) is 0.666. The number of hydrogen-bond acceptors (Lipinski definition) is 5. The minimum absolute atomic E-state index is 0.0189. The number of carbonyl (C=O) groups excluding carboxylic acids is 2. The van der Waals surface area contributed by atoms with E-state index >= 15 is 0 Å². The quantitative estimate of drug-likeness (QED) is 0.634. The van der Waals surface area contributed by atoms with Crippen LogP contribution < -0.4 is 9.64 Å². The summed E-state index contributed by atoms with van der Waals surface area (Å²) < 4.78 is 5.50. The van der Waals surface area contributed by atoms with Gasteiger partial charge < -0.3 is 14.5 Å². The fourth-order valence-corrected chi connectivity index (χ4v) is 5.85. The number of amides is 2. The molecule has 4 heterocycles. The van der Waals surface area contributed by atoms with Crippen LogP contribution in [0.4, 0.5) is 5.69 Å². The normalized spacial score (nSPS) is 18.2. The summed E-state index contributed by atoms with van der Waals surface area (Å²) in [6.45, 7) is 1.09. The van der Waals surface area contributed by atoms with Gasteiger partial charge in [0.05, 0.1) is 11.7 Å². The molecule has 29 heavy (non-hydrogen) atoms. The number of fused-ring (bicyclic) bond motifs is 2. The standard InChI is InChI=1S/C22H20N2O3S2/c25-20(8-11-23-16-4-1-2-5-17(16)27-14-21(23)26)24-10-7-18-15(9-13-29-18)22(24)19-6-3-12-28-19/h1-6,9,12-13,22H,7-8,10-11,14H2. The molecule has 5 rings (SSSR count). The fraction of sp³-hybridized carbons (Fsp3) is 0.273. The van der Waals surface area contributed by atoms with E-state index in [9.17, 15) is 9.59 Å². The van der Waals surface area contributed by atoms with Crippen molar-refractivity contribution in [2.75, 3.05) is 24.6 Å². The first-order valence-corrected chi connectivity index (χ1v) is 11.4. The highest BCUT2D eigenvalue weighted by Gasteiger charge is 2.34. The van der Waals surface area contributed by atoms with Crippen molar-refractivity contribution in [1.82, 2.24) is 4.90 Å². The van der Waals surface area contributed by atoms with Crippen molar-refractivity contribution in [1.29, 1.82) is 0 Å². The Morgan fingerprint density at radius 3 is 2.86 bits per heavy atom. The van der Waals surface area contributed by atoms with E-state index in [-0.39, 0.29) is 24.5 Å². The molecule has 2 aliphatic heterocycles. The average molecular weight is 425 g/mol. The van der Waals surface area contributed by atoms with Crippen molar-refractivity contribution >= 4 is 40.2 Å². The third-order valence-corrected chi connectivity index (χ3v) is 7.38. The van der Waals surface area contributed by atoms with Gasteiger partial charge in [-0.2, -0.15) is 0 Å². The van der Waals surface area contributed by atoms with Gasteiger partial charge in [0.15, 0.2) is 6.61 Å². The number of carbonyl (C=O) groups is 2. The van der Waals surface area contributed by atoms with E-state index in [0.29, 0.717) is 25.3 Å². The van der Waals surface area contributed by atoms with Gasteiger partial charge in [-0.05, 0) is 47.0 Å². The maximum Gasteiger partial charge on any atom is 0.265 e. The molecule has 0 bridgehead atoms. The molecule has 0 saturated heterocycles. The largest absolute Gasteiger partial charge is 0.482 e. The molecule has 148 valence electrons. The van der Waals surface area contributed by atoms with Crippen molar-refractivity contribution in [2.24, 2.45) is 0 Å². The second-order valence-corrected chi connectivity index (χ2v) is 9.09. The number of anilines is 1. The first-order valence-electron chi connectivity index (χ1n) is 9.63. The van der Waals surface area contributed by atoms with Crippen LogP contribution in [0, 0.1) is 0 Å². The third kappa shape index (κ3) is 3.34. The van der Waals surface area contributed by atoms with Gasteiger partial charge in [-0.15, -0.1) is 22.7 Å². The molecule has 1 unspecified atom stereocenters. The van der Waals surface area contributed by atoms with Gasteiger partial charge in [-0.1, -0.05) is 18.2 Å². The molecule has 0 spiro atoms. The van der Waals surface area contributed by atoms with Gasteiger partial charge in [0.2, 0.25) is 5.91 Å². The van der Waals surface area contributed by atoms with Crippen molar-refractivity contribution in [3.05, 3.63) is 68.5 Å². The molecule has 3 aromatic rings. The van der Waals surface area contributed by atoms with Crippen LogP contribution in [0.15, 0.2) is 53.2 Å². The fourth-order valence-electron chi connectivity index (χ4n) is 4.09. The molecule has 7 heteroatoms. The number of rotatable bonds is 4. The second kappa shape index (κ2) is 7.65. The Kier molecular flexibility index (Phi) is 4.85. The van der Waals surface area contributed by atoms with Crippen LogP contribution in [0.25, 0.3) is 0 Å². The van der Waals surface area contributed by atoms with E-state index in [4.69, 9.17) is 4.74 Å². The van der Waals surface area contributed by atoms with Crippen LogP contribution >= 0.6 is 22.7 Å². The molecule has 5 nitrogen and oxygen atoms in total. The average Bonchev–Trinajstić information content (AvgIpc) is 3.44. The van der Waals surface area contributed by atoms with E-state index in [0.717, 1.165) is 12.1 Å². The minimum Gasteiger partial charge on any atom is -0.482 e. The van der Waals surface area contributed by atoms with Crippen molar-refractivity contribution < 1.29 is 14.3 Å². The number of benzene rings is 1. The Hall–Kier alpha value is -2.64. The van der Waals surface area contributed by atoms with Gasteiger partial charge in [-0.3, -0.25) is 9.59 Å². The molecule has 1 atom stereocenters. The summed E-state index contributed by atoms with van der Waals surface area (Å²) in [5.41, 5.74) is 1.98. The molecule has 2 aromatic heterocycles. The first-order chi connectivity index (χ1) is 14.2. The van der Waals surface area contributed by atoms with Crippen LogP contribution in [0.3, 0.4) is 0 Å². The Balaban J connectivity index is 1.36. The zero-order valence-electron chi connectivity index (χ0n) is 15.7. The molecule has 0 N–H and O–H groups in total. The lowest BCUT2D eigenvalue weighted by atomic mass is 9.98. The van der Waals surface area contributed by atoms with Crippen molar-refractivity contribution in [3.8, 4) is 5.75 Å². The van der Waals surface area contributed by atoms with Gasteiger partial charge in [-0.25, -0.2) is 0 Å². The van der Waals surface area contributed by atoms with Crippen LogP contribution in [0.2, 0.25) is 0 Å². The summed E-state index contributed by atoms with van der Waals surface area (Å²) in [7, 11) is 0. The molecule has 0 radical (unpaired) electrons. The number of thiophene rings is 2. The second-order valence-electron chi connectivity index (χ2n) is 7.11.